The van der Waals surface area contributed by atoms with Gasteiger partial charge in [-0.15, -0.1) is 0 Å². The number of rotatable bonds is 7. The van der Waals surface area contributed by atoms with Crippen LogP contribution in [-0.2, 0) is 27.5 Å². The topological polar surface area (TPSA) is 77.1 Å². The molecule has 7 nitrogen and oxygen atoms in total. The number of amides is 2. The maximum Gasteiger partial charge on any atom is 0.227 e. The standard InChI is InChI=1S/C24H28N2O5/c1-16(2)31-15-18-6-4-3-5-17(18)13-25-24(28)19-11-23(27)26(14-19)20-7-8-21-22(12-20)30-10-9-29-21/h3-8,12,16,19H,9-11,13-15H2,1-2H3,(H,25,28). The summed E-state index contributed by atoms with van der Waals surface area (Å²) >= 11 is 0. The molecule has 2 aromatic carbocycles. The van der Waals surface area contributed by atoms with Crippen LogP contribution in [0.15, 0.2) is 42.5 Å². The van der Waals surface area contributed by atoms with Crippen LogP contribution in [0.25, 0.3) is 0 Å². The van der Waals surface area contributed by atoms with Gasteiger partial charge in [-0.25, -0.2) is 0 Å². The Morgan fingerprint density at radius 2 is 1.87 bits per heavy atom. The summed E-state index contributed by atoms with van der Waals surface area (Å²) in [7, 11) is 0. The molecule has 1 N–H and O–H groups in total. The predicted octanol–water partition coefficient (Wildman–Crippen LogP) is 3.05. The first kappa shape index (κ1) is 21.2. The third kappa shape index (κ3) is 4.99. The molecule has 7 heteroatoms. The van der Waals surface area contributed by atoms with E-state index in [0.29, 0.717) is 44.4 Å². The second kappa shape index (κ2) is 9.39. The molecule has 0 aromatic heterocycles. The van der Waals surface area contributed by atoms with E-state index in [1.165, 1.54) is 0 Å². The quantitative estimate of drug-likeness (QED) is 0.739. The van der Waals surface area contributed by atoms with Crippen LogP contribution in [0.3, 0.4) is 0 Å². The van der Waals surface area contributed by atoms with E-state index in [-0.39, 0.29) is 30.3 Å². The van der Waals surface area contributed by atoms with Gasteiger partial charge in [-0.1, -0.05) is 24.3 Å². The van der Waals surface area contributed by atoms with Gasteiger partial charge in [-0.2, -0.15) is 0 Å². The minimum Gasteiger partial charge on any atom is -0.486 e. The van der Waals surface area contributed by atoms with Crippen LogP contribution in [0.1, 0.15) is 31.4 Å². The number of ether oxygens (including phenoxy) is 3. The molecule has 164 valence electrons. The average molecular weight is 424 g/mol. The van der Waals surface area contributed by atoms with Crippen molar-refractivity contribution in [2.75, 3.05) is 24.7 Å². The third-order valence-electron chi connectivity index (χ3n) is 5.48. The van der Waals surface area contributed by atoms with Gasteiger partial charge in [0.2, 0.25) is 11.8 Å². The van der Waals surface area contributed by atoms with E-state index in [0.717, 1.165) is 16.8 Å². The summed E-state index contributed by atoms with van der Waals surface area (Å²) in [5.74, 6) is 0.732. The number of hydrogen-bond donors (Lipinski definition) is 1. The van der Waals surface area contributed by atoms with E-state index < -0.39 is 0 Å². The van der Waals surface area contributed by atoms with Gasteiger partial charge in [0, 0.05) is 31.3 Å². The Labute approximate surface area is 182 Å². The van der Waals surface area contributed by atoms with Crippen molar-refractivity contribution < 1.29 is 23.8 Å². The molecule has 1 fully saturated rings. The fraction of sp³-hybridized carbons (Fsp3) is 0.417. The van der Waals surface area contributed by atoms with Gasteiger partial charge in [0.05, 0.1) is 18.6 Å². The Balaban J connectivity index is 1.37. The van der Waals surface area contributed by atoms with E-state index in [9.17, 15) is 9.59 Å². The lowest BCUT2D eigenvalue weighted by atomic mass is 10.1. The van der Waals surface area contributed by atoms with Crippen molar-refractivity contribution in [1.29, 1.82) is 0 Å². The van der Waals surface area contributed by atoms with Crippen molar-refractivity contribution in [3.63, 3.8) is 0 Å². The molecule has 1 unspecified atom stereocenters. The van der Waals surface area contributed by atoms with Gasteiger partial charge in [0.1, 0.15) is 13.2 Å². The van der Waals surface area contributed by atoms with Crippen molar-refractivity contribution in [2.45, 2.75) is 39.5 Å². The molecule has 0 spiro atoms. The summed E-state index contributed by atoms with van der Waals surface area (Å²) < 4.78 is 16.9. The average Bonchev–Trinajstić information content (AvgIpc) is 3.18. The molecule has 2 aromatic rings. The summed E-state index contributed by atoms with van der Waals surface area (Å²) in [6, 6.07) is 13.3. The van der Waals surface area contributed by atoms with Crippen LogP contribution in [-0.4, -0.2) is 37.7 Å². The summed E-state index contributed by atoms with van der Waals surface area (Å²) in [4.78, 5) is 27.0. The first-order chi connectivity index (χ1) is 15.0. The first-order valence-electron chi connectivity index (χ1n) is 10.7. The lowest BCUT2D eigenvalue weighted by Crippen LogP contribution is -2.33. The molecule has 4 rings (SSSR count). The minimum atomic E-state index is -0.389. The Kier molecular flexibility index (Phi) is 6.42. The Hall–Kier alpha value is -3.06. The van der Waals surface area contributed by atoms with E-state index >= 15 is 0 Å². The summed E-state index contributed by atoms with van der Waals surface area (Å²) in [5.41, 5.74) is 2.79. The van der Waals surface area contributed by atoms with Crippen LogP contribution >= 0.6 is 0 Å². The molecule has 2 heterocycles. The van der Waals surface area contributed by atoms with Gasteiger partial charge < -0.3 is 24.4 Å². The van der Waals surface area contributed by atoms with E-state index in [4.69, 9.17) is 14.2 Å². The number of carbonyl (C=O) groups is 2. The van der Waals surface area contributed by atoms with E-state index in [1.807, 2.05) is 44.2 Å². The molecule has 2 aliphatic rings. The predicted molar refractivity (Wildman–Crippen MR) is 116 cm³/mol. The highest BCUT2D eigenvalue weighted by atomic mass is 16.6. The summed E-state index contributed by atoms with van der Waals surface area (Å²) in [6.45, 7) is 6.25. The molecule has 0 radical (unpaired) electrons. The second-order valence-electron chi connectivity index (χ2n) is 8.08. The van der Waals surface area contributed by atoms with Crippen LogP contribution < -0.4 is 19.7 Å². The second-order valence-corrected chi connectivity index (χ2v) is 8.08. The number of benzene rings is 2. The zero-order valence-corrected chi connectivity index (χ0v) is 17.9. The molecule has 2 amide bonds. The Morgan fingerprint density at radius 3 is 2.65 bits per heavy atom. The van der Waals surface area contributed by atoms with Crippen molar-refractivity contribution >= 4 is 17.5 Å². The van der Waals surface area contributed by atoms with Crippen LogP contribution in [0.2, 0.25) is 0 Å². The highest BCUT2D eigenvalue weighted by molar-refractivity contribution is 6.00. The zero-order chi connectivity index (χ0) is 21.8. The SMILES string of the molecule is CC(C)OCc1ccccc1CNC(=O)C1CC(=O)N(c2ccc3c(c2)OCCO3)C1. The van der Waals surface area contributed by atoms with Gasteiger partial charge in [-0.3, -0.25) is 9.59 Å². The van der Waals surface area contributed by atoms with E-state index in [1.54, 1.807) is 17.0 Å². The maximum absolute atomic E-state index is 12.8. The van der Waals surface area contributed by atoms with Crippen molar-refractivity contribution in [3.05, 3.63) is 53.6 Å². The minimum absolute atomic E-state index is 0.0671. The number of anilines is 1. The Morgan fingerprint density at radius 1 is 1.13 bits per heavy atom. The van der Waals surface area contributed by atoms with Gasteiger partial charge in [0.15, 0.2) is 11.5 Å². The molecular formula is C24H28N2O5. The zero-order valence-electron chi connectivity index (χ0n) is 17.9. The molecular weight excluding hydrogens is 396 g/mol. The molecule has 0 bridgehead atoms. The molecule has 0 aliphatic carbocycles. The van der Waals surface area contributed by atoms with Crippen molar-refractivity contribution in [3.8, 4) is 11.5 Å². The number of carbonyl (C=O) groups excluding carboxylic acids is 2. The molecule has 31 heavy (non-hydrogen) atoms. The fourth-order valence-electron chi connectivity index (χ4n) is 3.79. The summed E-state index contributed by atoms with van der Waals surface area (Å²) in [5, 5.41) is 2.99. The molecule has 2 aliphatic heterocycles. The number of nitrogens with one attached hydrogen (secondary N) is 1. The van der Waals surface area contributed by atoms with Crippen molar-refractivity contribution in [1.82, 2.24) is 5.32 Å². The Bertz CT molecular complexity index is 959. The summed E-state index contributed by atoms with van der Waals surface area (Å²) in [6.07, 6.45) is 0.331. The van der Waals surface area contributed by atoms with Crippen molar-refractivity contribution in [2.24, 2.45) is 5.92 Å². The van der Waals surface area contributed by atoms with E-state index in [2.05, 4.69) is 5.32 Å². The lowest BCUT2D eigenvalue weighted by Gasteiger charge is -2.22. The largest absolute Gasteiger partial charge is 0.486 e. The number of nitrogens with zero attached hydrogens (tertiary/aromatic N) is 1. The first-order valence-corrected chi connectivity index (χ1v) is 10.7. The molecule has 0 saturated carbocycles. The van der Waals surface area contributed by atoms with Crippen LogP contribution in [0.4, 0.5) is 5.69 Å². The van der Waals surface area contributed by atoms with Gasteiger partial charge in [-0.05, 0) is 37.1 Å². The highest BCUT2D eigenvalue weighted by Crippen LogP contribution is 2.36. The van der Waals surface area contributed by atoms with Gasteiger partial charge in [0.25, 0.3) is 0 Å². The maximum atomic E-state index is 12.8. The van der Waals surface area contributed by atoms with Gasteiger partial charge >= 0.3 is 0 Å². The molecule has 1 atom stereocenters. The normalized spacial score (nSPS) is 17.8. The van der Waals surface area contributed by atoms with Crippen LogP contribution in [0, 0.1) is 5.92 Å². The lowest BCUT2D eigenvalue weighted by molar-refractivity contribution is -0.126. The fourth-order valence-corrected chi connectivity index (χ4v) is 3.79. The smallest absolute Gasteiger partial charge is 0.227 e. The van der Waals surface area contributed by atoms with Crippen LogP contribution in [0.5, 0.6) is 11.5 Å². The highest BCUT2D eigenvalue weighted by Gasteiger charge is 2.35. The third-order valence-corrected chi connectivity index (χ3v) is 5.48. The monoisotopic (exact) mass is 424 g/mol. The number of hydrogen-bond acceptors (Lipinski definition) is 5. The number of fused-ring (bicyclic) bond motifs is 1. The molecule has 1 saturated heterocycles.